The number of halogens is 1. The van der Waals surface area contributed by atoms with E-state index < -0.39 is 0 Å². The Morgan fingerprint density at radius 3 is 1.60 bits per heavy atom. The molecular formula is C13H27BrO. The molecule has 2 atom stereocenters. The van der Waals surface area contributed by atoms with Crippen molar-refractivity contribution in [2.75, 3.05) is 0 Å². The van der Waals surface area contributed by atoms with Gasteiger partial charge in [-0.1, -0.05) is 67.8 Å². The smallest absolute Gasteiger partial charge is 0.0512 e. The second-order valence-electron chi connectivity index (χ2n) is 4.68. The van der Waals surface area contributed by atoms with Gasteiger partial charge in [0.25, 0.3) is 0 Å². The molecule has 0 aliphatic rings. The summed E-state index contributed by atoms with van der Waals surface area (Å²) in [5.41, 5.74) is 0. The average molecular weight is 279 g/mol. The van der Waals surface area contributed by atoms with Gasteiger partial charge in [0, 0.05) is 4.83 Å². The van der Waals surface area contributed by atoms with Crippen LogP contribution >= 0.6 is 15.9 Å². The highest BCUT2D eigenvalue weighted by Gasteiger charge is 1.97. The van der Waals surface area contributed by atoms with E-state index in [0.717, 1.165) is 6.42 Å². The van der Waals surface area contributed by atoms with Crippen LogP contribution in [-0.2, 0) is 0 Å². The highest BCUT2D eigenvalue weighted by molar-refractivity contribution is 9.09. The van der Waals surface area contributed by atoms with Gasteiger partial charge in [-0.05, 0) is 19.8 Å². The van der Waals surface area contributed by atoms with Crippen LogP contribution in [0.4, 0.5) is 0 Å². The Morgan fingerprint density at radius 1 is 0.800 bits per heavy atom. The zero-order valence-electron chi connectivity index (χ0n) is 10.3. The first kappa shape index (κ1) is 15.4. The number of aliphatic hydroxyl groups excluding tert-OH is 1. The van der Waals surface area contributed by atoms with Crippen LogP contribution in [0.15, 0.2) is 0 Å². The molecule has 0 bridgehead atoms. The molecule has 0 saturated heterocycles. The fourth-order valence-corrected chi connectivity index (χ4v) is 2.07. The molecule has 1 nitrogen and oxygen atoms in total. The predicted octanol–water partition coefficient (Wildman–Crippen LogP) is 4.66. The first-order valence-corrected chi connectivity index (χ1v) is 7.36. The van der Waals surface area contributed by atoms with Gasteiger partial charge < -0.3 is 5.11 Å². The van der Waals surface area contributed by atoms with Gasteiger partial charge in [-0.25, -0.2) is 0 Å². The second kappa shape index (κ2) is 10.9. The molecule has 15 heavy (non-hydrogen) atoms. The maximum absolute atomic E-state index is 9.07. The summed E-state index contributed by atoms with van der Waals surface area (Å²) in [5.74, 6) is 0. The van der Waals surface area contributed by atoms with E-state index in [9.17, 15) is 0 Å². The van der Waals surface area contributed by atoms with E-state index in [1.165, 1.54) is 51.4 Å². The third-order valence-electron chi connectivity index (χ3n) is 2.72. The maximum atomic E-state index is 9.07. The molecule has 0 spiro atoms. The fraction of sp³-hybridized carbons (Fsp3) is 1.00. The van der Waals surface area contributed by atoms with E-state index in [1.54, 1.807) is 0 Å². The number of unbranched alkanes of at least 4 members (excludes halogenated alkanes) is 6. The lowest BCUT2D eigenvalue weighted by Gasteiger charge is -2.04. The van der Waals surface area contributed by atoms with Crippen LogP contribution in [0.2, 0.25) is 0 Å². The molecule has 0 aromatic heterocycles. The second-order valence-corrected chi connectivity index (χ2v) is 6.25. The lowest BCUT2D eigenvalue weighted by Crippen LogP contribution is -1.98. The molecular weight excluding hydrogens is 252 g/mol. The van der Waals surface area contributed by atoms with E-state index in [2.05, 4.69) is 22.9 Å². The predicted molar refractivity (Wildman–Crippen MR) is 71.6 cm³/mol. The van der Waals surface area contributed by atoms with Crippen LogP contribution in [0.5, 0.6) is 0 Å². The van der Waals surface area contributed by atoms with E-state index in [4.69, 9.17) is 5.11 Å². The summed E-state index contributed by atoms with van der Waals surface area (Å²) in [6.07, 6.45) is 11.5. The van der Waals surface area contributed by atoms with Crippen molar-refractivity contribution in [1.29, 1.82) is 0 Å². The van der Waals surface area contributed by atoms with E-state index in [-0.39, 0.29) is 6.10 Å². The van der Waals surface area contributed by atoms with E-state index in [0.29, 0.717) is 4.83 Å². The highest BCUT2D eigenvalue weighted by Crippen LogP contribution is 2.13. The van der Waals surface area contributed by atoms with Crippen LogP contribution < -0.4 is 0 Å². The first-order valence-electron chi connectivity index (χ1n) is 6.45. The summed E-state index contributed by atoms with van der Waals surface area (Å²) in [6, 6.07) is 0. The van der Waals surface area contributed by atoms with Crippen LogP contribution in [0.3, 0.4) is 0 Å². The third kappa shape index (κ3) is 14.4. The molecule has 0 heterocycles. The van der Waals surface area contributed by atoms with Crippen molar-refractivity contribution in [3.8, 4) is 0 Å². The molecule has 0 aliphatic heterocycles. The van der Waals surface area contributed by atoms with Crippen molar-refractivity contribution < 1.29 is 5.11 Å². The van der Waals surface area contributed by atoms with Crippen LogP contribution in [-0.4, -0.2) is 16.0 Å². The number of hydrogen-bond donors (Lipinski definition) is 1. The van der Waals surface area contributed by atoms with Gasteiger partial charge in [-0.2, -0.15) is 0 Å². The standard InChI is InChI=1S/C13H27BrO/c1-12(14)10-8-6-4-3-5-7-9-11-13(2)15/h12-13,15H,3-11H2,1-2H3. The van der Waals surface area contributed by atoms with Crippen molar-refractivity contribution in [3.05, 3.63) is 0 Å². The minimum atomic E-state index is -0.106. The molecule has 92 valence electrons. The quantitative estimate of drug-likeness (QED) is 0.455. The van der Waals surface area contributed by atoms with Crippen molar-refractivity contribution in [2.24, 2.45) is 0 Å². The number of rotatable bonds is 10. The molecule has 0 aromatic rings. The van der Waals surface area contributed by atoms with Crippen LogP contribution in [0.25, 0.3) is 0 Å². The number of hydrogen-bond acceptors (Lipinski definition) is 1. The Hall–Kier alpha value is 0.440. The number of alkyl halides is 1. The minimum Gasteiger partial charge on any atom is -0.393 e. The minimum absolute atomic E-state index is 0.106. The van der Waals surface area contributed by atoms with Crippen molar-refractivity contribution in [3.63, 3.8) is 0 Å². The molecule has 0 rings (SSSR count). The first-order chi connectivity index (χ1) is 7.13. The Kier molecular flexibility index (Phi) is 11.3. The van der Waals surface area contributed by atoms with E-state index in [1.807, 2.05) is 6.92 Å². The SMILES string of the molecule is CC(O)CCCCCCCCCC(C)Br. The normalized spacial score (nSPS) is 15.2. The lowest BCUT2D eigenvalue weighted by molar-refractivity contribution is 0.180. The average Bonchev–Trinajstić information content (AvgIpc) is 2.14. The van der Waals surface area contributed by atoms with Gasteiger partial charge in [0.05, 0.1) is 6.10 Å². The Labute approximate surface area is 104 Å². The molecule has 0 aliphatic carbocycles. The third-order valence-corrected chi connectivity index (χ3v) is 3.18. The summed E-state index contributed by atoms with van der Waals surface area (Å²) in [6.45, 7) is 4.09. The summed E-state index contributed by atoms with van der Waals surface area (Å²) in [5, 5.41) is 9.07. The van der Waals surface area contributed by atoms with Gasteiger partial charge in [-0.3, -0.25) is 0 Å². The molecule has 0 radical (unpaired) electrons. The molecule has 2 unspecified atom stereocenters. The lowest BCUT2D eigenvalue weighted by atomic mass is 10.1. The van der Waals surface area contributed by atoms with Gasteiger partial charge >= 0.3 is 0 Å². The Bertz CT molecular complexity index is 110. The fourth-order valence-electron chi connectivity index (χ4n) is 1.75. The van der Waals surface area contributed by atoms with Gasteiger partial charge in [0.2, 0.25) is 0 Å². The summed E-state index contributed by atoms with van der Waals surface area (Å²) < 4.78 is 0. The van der Waals surface area contributed by atoms with Crippen molar-refractivity contribution in [1.82, 2.24) is 0 Å². The van der Waals surface area contributed by atoms with Crippen molar-refractivity contribution in [2.45, 2.75) is 82.6 Å². The number of aliphatic hydroxyl groups is 1. The topological polar surface area (TPSA) is 20.2 Å². The van der Waals surface area contributed by atoms with Crippen molar-refractivity contribution >= 4 is 15.9 Å². The van der Waals surface area contributed by atoms with Gasteiger partial charge in [-0.15, -0.1) is 0 Å². The molecule has 0 saturated carbocycles. The van der Waals surface area contributed by atoms with E-state index >= 15 is 0 Å². The molecule has 0 amide bonds. The van der Waals surface area contributed by atoms with Gasteiger partial charge in [0.15, 0.2) is 0 Å². The summed E-state index contributed by atoms with van der Waals surface area (Å²) in [7, 11) is 0. The summed E-state index contributed by atoms with van der Waals surface area (Å²) in [4.78, 5) is 0.684. The zero-order valence-corrected chi connectivity index (χ0v) is 11.9. The Morgan fingerprint density at radius 2 is 1.20 bits per heavy atom. The highest BCUT2D eigenvalue weighted by atomic mass is 79.9. The molecule has 0 fully saturated rings. The Balaban J connectivity index is 2.93. The molecule has 1 N–H and O–H groups in total. The van der Waals surface area contributed by atoms with Crippen LogP contribution in [0, 0.1) is 0 Å². The maximum Gasteiger partial charge on any atom is 0.0512 e. The largest absolute Gasteiger partial charge is 0.393 e. The van der Waals surface area contributed by atoms with Crippen LogP contribution in [0.1, 0.15) is 71.6 Å². The molecule has 2 heteroatoms. The zero-order chi connectivity index (χ0) is 11.5. The van der Waals surface area contributed by atoms with Gasteiger partial charge in [0.1, 0.15) is 0 Å². The molecule has 0 aromatic carbocycles. The monoisotopic (exact) mass is 278 g/mol. The summed E-state index contributed by atoms with van der Waals surface area (Å²) >= 11 is 3.57.